The van der Waals surface area contributed by atoms with Gasteiger partial charge in [0, 0.05) is 0 Å². The van der Waals surface area contributed by atoms with Crippen LogP contribution in [0.5, 0.6) is 0 Å². The zero-order valence-corrected chi connectivity index (χ0v) is 14.3. The molecule has 0 amide bonds. The van der Waals surface area contributed by atoms with E-state index >= 15 is 0 Å². The van der Waals surface area contributed by atoms with Crippen LogP contribution in [0.15, 0.2) is 0 Å². The molecule has 0 radical (unpaired) electrons. The Morgan fingerprint density at radius 3 is 1.54 bits per heavy atom. The monoisotopic (exact) mass is 312 g/mol. The SMILES string of the molecule is CC12C3C4C5CC6CC7C(C8C9C%10CC%11CC%12C%13C3C81C%139C%11%12%10)C42C657. The van der Waals surface area contributed by atoms with Gasteiger partial charge < -0.3 is 0 Å². The Labute approximate surface area is 142 Å². The Hall–Kier alpha value is 0. The first kappa shape index (κ1) is 9.80. The van der Waals surface area contributed by atoms with Crippen molar-refractivity contribution in [3.05, 3.63) is 0 Å². The predicted molar refractivity (Wildman–Crippen MR) is 84.1 cm³/mol. The maximum Gasteiger partial charge on any atom is -0.00969 e. The molecule has 24 heavy (non-hydrogen) atoms. The van der Waals surface area contributed by atoms with E-state index in [9.17, 15) is 0 Å². The van der Waals surface area contributed by atoms with Gasteiger partial charge >= 0.3 is 0 Å². The van der Waals surface area contributed by atoms with Gasteiger partial charge in [-0.1, -0.05) is 6.92 Å². The second-order valence-electron chi connectivity index (χ2n) is 14.1. The van der Waals surface area contributed by atoms with E-state index in [0.717, 1.165) is 32.5 Å². The van der Waals surface area contributed by atoms with E-state index in [2.05, 4.69) is 6.92 Å². The molecule has 0 aromatic rings. The molecule has 120 valence electrons. The van der Waals surface area contributed by atoms with E-state index in [1.54, 1.807) is 25.7 Å². The van der Waals surface area contributed by atoms with Crippen molar-refractivity contribution in [2.45, 2.75) is 32.6 Å². The van der Waals surface area contributed by atoms with Crippen molar-refractivity contribution in [3.63, 3.8) is 0 Å². The normalized spacial score (nSPS) is 111. The molecule has 0 heteroatoms. The number of fused-ring (bicyclic) bond motifs is 9. The summed E-state index contributed by atoms with van der Waals surface area (Å²) >= 11 is 0. The van der Waals surface area contributed by atoms with Crippen LogP contribution in [-0.2, 0) is 0 Å². The molecule has 0 nitrogen and oxygen atoms in total. The lowest BCUT2D eigenvalue weighted by atomic mass is 8.85. The Balaban J connectivity index is 1.21. The second kappa shape index (κ2) is 1.78. The van der Waals surface area contributed by atoms with Crippen LogP contribution in [0.4, 0.5) is 0 Å². The zero-order chi connectivity index (χ0) is 14.3. The van der Waals surface area contributed by atoms with Crippen molar-refractivity contribution < 1.29 is 0 Å². The molecule has 0 heterocycles. The minimum atomic E-state index is 0.935. The van der Waals surface area contributed by atoms with E-state index in [0.29, 0.717) is 0 Å². The topological polar surface area (TPSA) is 0 Å². The van der Waals surface area contributed by atoms with Crippen LogP contribution in [0.2, 0.25) is 0 Å². The van der Waals surface area contributed by atoms with Crippen LogP contribution in [0.1, 0.15) is 32.6 Å². The van der Waals surface area contributed by atoms with Gasteiger partial charge in [-0.25, -0.2) is 0 Å². The van der Waals surface area contributed by atoms with E-state index in [1.165, 1.54) is 76.9 Å². The highest BCUT2D eigenvalue weighted by atomic mass is 15.3. The fourth-order valence-electron chi connectivity index (χ4n) is 19.4. The summed E-state index contributed by atoms with van der Waals surface area (Å²) in [6, 6.07) is 0. The Morgan fingerprint density at radius 2 is 0.958 bits per heavy atom. The molecule has 13 aliphatic carbocycles. The zero-order valence-electron chi connectivity index (χ0n) is 14.3. The summed E-state index contributed by atoms with van der Waals surface area (Å²) in [6.07, 6.45) is 6.87. The lowest BCUT2D eigenvalue weighted by Gasteiger charge is -3.18. The summed E-state index contributed by atoms with van der Waals surface area (Å²) in [5.74, 6) is 16.9. The van der Waals surface area contributed by atoms with Gasteiger partial charge in [-0.2, -0.15) is 0 Å². The van der Waals surface area contributed by atoms with Gasteiger partial charge in [0.2, 0.25) is 0 Å². The fourth-order valence-corrected chi connectivity index (χ4v) is 19.4. The summed E-state index contributed by atoms with van der Waals surface area (Å²) in [5, 5.41) is 0. The highest BCUT2D eigenvalue weighted by Crippen LogP contribution is 3.27. The summed E-state index contributed by atoms with van der Waals surface area (Å²) in [6.45, 7) is 2.96. The third-order valence-corrected chi connectivity index (χ3v) is 17.3. The number of rotatable bonds is 0. The first-order valence-electron chi connectivity index (χ1n) is 11.8. The van der Waals surface area contributed by atoms with Gasteiger partial charge in [0.15, 0.2) is 0 Å². The summed E-state index contributed by atoms with van der Waals surface area (Å²) in [5.41, 5.74) is 6.10. The molecule has 0 aromatic carbocycles. The van der Waals surface area contributed by atoms with Crippen molar-refractivity contribution in [3.8, 4) is 0 Å². The fraction of sp³-hybridized carbons (Fsp3) is 1.00. The van der Waals surface area contributed by atoms with Gasteiger partial charge in [0.1, 0.15) is 0 Å². The quantitative estimate of drug-likeness (QED) is 0.640. The largest absolute Gasteiger partial charge is 0.0582 e. The molecule has 13 aliphatic rings. The average molecular weight is 312 g/mol. The molecule has 0 bridgehead atoms. The Morgan fingerprint density at radius 1 is 0.500 bits per heavy atom. The molecule has 13 fully saturated rings. The molecule has 0 aliphatic heterocycles. The molecular formula is C24H24. The second-order valence-corrected chi connectivity index (χ2v) is 14.1. The minimum Gasteiger partial charge on any atom is -0.0582 e. The molecule has 0 saturated heterocycles. The Bertz CT molecular complexity index is 996. The van der Waals surface area contributed by atoms with Crippen LogP contribution in [0.3, 0.4) is 0 Å². The first-order valence-corrected chi connectivity index (χ1v) is 11.8. The molecule has 19 unspecified atom stereocenters. The van der Waals surface area contributed by atoms with E-state index < -0.39 is 0 Å². The summed E-state index contributed by atoms with van der Waals surface area (Å²) < 4.78 is 0. The summed E-state index contributed by atoms with van der Waals surface area (Å²) in [4.78, 5) is 0. The number of hydrogen-bond acceptors (Lipinski definition) is 0. The maximum atomic E-state index is 2.96. The van der Waals surface area contributed by atoms with Gasteiger partial charge in [0.25, 0.3) is 0 Å². The molecule has 19 atom stereocenters. The third-order valence-electron chi connectivity index (χ3n) is 17.3. The van der Waals surface area contributed by atoms with Crippen molar-refractivity contribution in [2.75, 3.05) is 0 Å². The maximum absolute atomic E-state index is 2.96. The van der Waals surface area contributed by atoms with Gasteiger partial charge in [-0.05, 0) is 135 Å². The van der Waals surface area contributed by atoms with Crippen LogP contribution >= 0.6 is 0 Å². The van der Waals surface area contributed by atoms with Crippen molar-refractivity contribution in [1.29, 1.82) is 0 Å². The first-order chi connectivity index (χ1) is 11.8. The average Bonchev–Trinajstić information content (AvgIpc) is 2.55. The van der Waals surface area contributed by atoms with Crippen molar-refractivity contribution in [2.24, 2.45) is 109 Å². The molecule has 0 aromatic heterocycles. The lowest BCUT2D eigenvalue weighted by molar-refractivity contribution is -0.720. The molecular weight excluding hydrogens is 288 g/mol. The smallest absolute Gasteiger partial charge is 0.00969 e. The predicted octanol–water partition coefficient (Wildman–Crippen LogP) is 3.67. The minimum absolute atomic E-state index is 0.935. The van der Waals surface area contributed by atoms with Gasteiger partial charge in [0.05, 0.1) is 0 Å². The van der Waals surface area contributed by atoms with Crippen LogP contribution in [-0.4, -0.2) is 0 Å². The molecule has 13 saturated carbocycles. The standard InChI is InChI=1S/C24H24/c1-19-16-12-8-2-6-3-9-13(22(12,19)20(6,8)9)17-14-10-4-7-5-11-15-18(16)23(17,19)24(14,15)21(7,10)11/h6-18H,2-5H2,1H3. The lowest BCUT2D eigenvalue weighted by Crippen LogP contribution is -3.15. The van der Waals surface area contributed by atoms with E-state index in [1.807, 2.05) is 0 Å². The summed E-state index contributed by atoms with van der Waals surface area (Å²) in [7, 11) is 0. The van der Waals surface area contributed by atoms with Crippen LogP contribution in [0.25, 0.3) is 0 Å². The van der Waals surface area contributed by atoms with Gasteiger partial charge in [-0.15, -0.1) is 0 Å². The van der Waals surface area contributed by atoms with E-state index in [-0.39, 0.29) is 0 Å². The Kier molecular flexibility index (Phi) is 0.728. The molecule has 5 spiro atoms. The van der Waals surface area contributed by atoms with Crippen molar-refractivity contribution >= 4 is 0 Å². The van der Waals surface area contributed by atoms with Crippen molar-refractivity contribution in [1.82, 2.24) is 0 Å². The third kappa shape index (κ3) is 0.317. The number of hydrogen-bond donors (Lipinski definition) is 0. The van der Waals surface area contributed by atoms with Gasteiger partial charge in [-0.3, -0.25) is 0 Å². The highest BCUT2D eigenvalue weighted by Gasteiger charge is 3.24. The molecule has 13 rings (SSSR count). The van der Waals surface area contributed by atoms with Crippen LogP contribution in [0, 0.1) is 109 Å². The highest BCUT2D eigenvalue weighted by molar-refractivity contribution is 5.70. The molecule has 0 N–H and O–H groups in total. The van der Waals surface area contributed by atoms with Crippen LogP contribution < -0.4 is 0 Å². The van der Waals surface area contributed by atoms with E-state index in [4.69, 9.17) is 0 Å².